The number of carbonyl (C=O) groups excluding carboxylic acids is 1. The molecule has 1 saturated heterocycles. The summed E-state index contributed by atoms with van der Waals surface area (Å²) in [6, 6.07) is 10.2. The Bertz CT molecular complexity index is 1140. The van der Waals surface area contributed by atoms with Crippen molar-refractivity contribution >= 4 is 40.6 Å². The van der Waals surface area contributed by atoms with Gasteiger partial charge in [0.1, 0.15) is 5.82 Å². The second-order valence-corrected chi connectivity index (χ2v) is 8.31. The fourth-order valence-electron chi connectivity index (χ4n) is 4.02. The highest BCUT2D eigenvalue weighted by molar-refractivity contribution is 5.90. The average molecular weight is 433 g/mol. The summed E-state index contributed by atoms with van der Waals surface area (Å²) >= 11 is 0. The molecule has 5 rings (SSSR count). The second kappa shape index (κ2) is 9.00. The maximum Gasteiger partial charge on any atom is 0.163 e. The summed E-state index contributed by atoms with van der Waals surface area (Å²) in [5.41, 5.74) is 3.20. The standard InChI is InChI=1S/C24H28N6O2/c1-25-9-8-22-20(16-31)24(28-30(22)15-17-2-3-17)26-19-5-6-21-18(14-19)4-7-23(27-21)29-10-12-32-13-11-29/h4-9,14,16-17,25H,2-3,10-13,15H2,1H3,(H,26,28)/b9-8-. The molecule has 0 radical (unpaired) electrons. The zero-order chi connectivity index (χ0) is 21.9. The number of aromatic nitrogens is 3. The maximum atomic E-state index is 11.9. The van der Waals surface area contributed by atoms with Gasteiger partial charge in [0.15, 0.2) is 12.1 Å². The first-order valence-corrected chi connectivity index (χ1v) is 11.2. The fraction of sp³-hybridized carbons (Fsp3) is 0.375. The van der Waals surface area contributed by atoms with E-state index >= 15 is 0 Å². The molecule has 1 aromatic carbocycles. The Morgan fingerprint density at radius 3 is 2.78 bits per heavy atom. The van der Waals surface area contributed by atoms with Gasteiger partial charge in [0.2, 0.25) is 0 Å². The van der Waals surface area contributed by atoms with E-state index in [9.17, 15) is 4.79 Å². The van der Waals surface area contributed by atoms with E-state index in [1.807, 2.05) is 42.2 Å². The summed E-state index contributed by atoms with van der Waals surface area (Å²) in [6.07, 6.45) is 7.05. The molecule has 0 amide bonds. The molecule has 2 N–H and O–H groups in total. The molecule has 32 heavy (non-hydrogen) atoms. The molecule has 0 unspecified atom stereocenters. The molecular weight excluding hydrogens is 404 g/mol. The summed E-state index contributed by atoms with van der Waals surface area (Å²) < 4.78 is 7.38. The first-order valence-electron chi connectivity index (χ1n) is 11.2. The third-order valence-corrected chi connectivity index (χ3v) is 5.96. The molecule has 2 aliphatic rings. The largest absolute Gasteiger partial charge is 0.394 e. The Balaban J connectivity index is 1.42. The van der Waals surface area contributed by atoms with E-state index in [1.54, 1.807) is 0 Å². The van der Waals surface area contributed by atoms with Crippen molar-refractivity contribution < 1.29 is 9.53 Å². The van der Waals surface area contributed by atoms with Gasteiger partial charge in [-0.2, -0.15) is 5.10 Å². The van der Waals surface area contributed by atoms with Crippen molar-refractivity contribution in [1.29, 1.82) is 0 Å². The van der Waals surface area contributed by atoms with Gasteiger partial charge >= 0.3 is 0 Å². The lowest BCUT2D eigenvalue weighted by atomic mass is 10.2. The summed E-state index contributed by atoms with van der Waals surface area (Å²) in [5, 5.41) is 12.1. The van der Waals surface area contributed by atoms with E-state index in [0.29, 0.717) is 17.3 Å². The third kappa shape index (κ3) is 4.31. The van der Waals surface area contributed by atoms with Crippen molar-refractivity contribution in [2.24, 2.45) is 5.92 Å². The van der Waals surface area contributed by atoms with Gasteiger partial charge in [-0.3, -0.25) is 9.48 Å². The van der Waals surface area contributed by atoms with Gasteiger partial charge < -0.3 is 20.3 Å². The first-order chi connectivity index (χ1) is 15.7. The summed E-state index contributed by atoms with van der Waals surface area (Å²) in [6.45, 7) is 4.03. The number of hydrogen-bond donors (Lipinski definition) is 2. The number of nitrogens with one attached hydrogen (secondary N) is 2. The third-order valence-electron chi connectivity index (χ3n) is 5.96. The van der Waals surface area contributed by atoms with Gasteiger partial charge in [0, 0.05) is 37.8 Å². The molecule has 3 aromatic rings. The topological polar surface area (TPSA) is 84.3 Å². The molecule has 8 heteroatoms. The molecule has 1 aliphatic heterocycles. The number of morpholine rings is 1. The van der Waals surface area contributed by atoms with Crippen molar-refractivity contribution in [3.05, 3.63) is 47.8 Å². The van der Waals surface area contributed by atoms with E-state index in [4.69, 9.17) is 14.8 Å². The molecule has 3 heterocycles. The van der Waals surface area contributed by atoms with E-state index in [2.05, 4.69) is 27.7 Å². The monoisotopic (exact) mass is 432 g/mol. The lowest BCUT2D eigenvalue weighted by Crippen LogP contribution is -2.36. The number of carbonyl (C=O) groups is 1. The van der Waals surface area contributed by atoms with Crippen molar-refractivity contribution in [3.63, 3.8) is 0 Å². The maximum absolute atomic E-state index is 11.9. The second-order valence-electron chi connectivity index (χ2n) is 8.31. The number of nitrogens with zero attached hydrogens (tertiary/aromatic N) is 4. The molecule has 0 atom stereocenters. The Hall–Kier alpha value is -3.39. The van der Waals surface area contributed by atoms with Crippen molar-refractivity contribution in [2.45, 2.75) is 19.4 Å². The van der Waals surface area contributed by atoms with Crippen LogP contribution < -0.4 is 15.5 Å². The van der Waals surface area contributed by atoms with Gasteiger partial charge in [-0.05, 0) is 61.4 Å². The van der Waals surface area contributed by atoms with Crippen LogP contribution in [0.4, 0.5) is 17.3 Å². The Morgan fingerprint density at radius 2 is 2.03 bits per heavy atom. The highest BCUT2D eigenvalue weighted by Gasteiger charge is 2.25. The number of pyridine rings is 1. The van der Waals surface area contributed by atoms with Crippen LogP contribution in [0.25, 0.3) is 17.0 Å². The summed E-state index contributed by atoms with van der Waals surface area (Å²) in [7, 11) is 1.84. The van der Waals surface area contributed by atoms with Crippen LogP contribution in [0.5, 0.6) is 0 Å². The number of anilines is 3. The lowest BCUT2D eigenvalue weighted by Gasteiger charge is -2.27. The van der Waals surface area contributed by atoms with Crippen LogP contribution in [-0.4, -0.2) is 54.4 Å². The highest BCUT2D eigenvalue weighted by Crippen LogP contribution is 2.33. The van der Waals surface area contributed by atoms with Gasteiger partial charge in [0.25, 0.3) is 0 Å². The lowest BCUT2D eigenvalue weighted by molar-refractivity contribution is 0.112. The van der Waals surface area contributed by atoms with E-state index < -0.39 is 0 Å². The van der Waals surface area contributed by atoms with Crippen LogP contribution in [0.2, 0.25) is 0 Å². The molecule has 0 bridgehead atoms. The minimum absolute atomic E-state index is 0.568. The van der Waals surface area contributed by atoms with Gasteiger partial charge in [-0.1, -0.05) is 0 Å². The molecule has 1 saturated carbocycles. The predicted molar refractivity (Wildman–Crippen MR) is 126 cm³/mol. The van der Waals surface area contributed by atoms with E-state index in [-0.39, 0.29) is 0 Å². The van der Waals surface area contributed by atoms with Gasteiger partial charge in [-0.25, -0.2) is 4.98 Å². The number of benzene rings is 1. The van der Waals surface area contributed by atoms with Crippen LogP contribution in [0, 0.1) is 5.92 Å². The molecule has 1 aliphatic carbocycles. The molecule has 0 spiro atoms. The van der Waals surface area contributed by atoms with Crippen molar-refractivity contribution in [2.75, 3.05) is 43.6 Å². The van der Waals surface area contributed by atoms with Crippen LogP contribution in [0.15, 0.2) is 36.5 Å². The minimum atomic E-state index is 0.568. The van der Waals surface area contributed by atoms with Crippen LogP contribution in [0.1, 0.15) is 28.9 Å². The molecule has 166 valence electrons. The number of hydrogen-bond acceptors (Lipinski definition) is 7. The SMILES string of the molecule is CN/C=C\c1c(C=O)c(Nc2ccc3nc(N4CCOCC4)ccc3c2)nn1CC1CC1. The average Bonchev–Trinajstić information content (AvgIpc) is 3.59. The number of rotatable bonds is 8. The summed E-state index contributed by atoms with van der Waals surface area (Å²) in [5.74, 6) is 2.20. The molecule has 2 fully saturated rings. The molecule has 8 nitrogen and oxygen atoms in total. The van der Waals surface area contributed by atoms with Crippen LogP contribution in [-0.2, 0) is 11.3 Å². The smallest absolute Gasteiger partial charge is 0.163 e. The molecular formula is C24H28N6O2. The quantitative estimate of drug-likeness (QED) is 0.528. The predicted octanol–water partition coefficient (Wildman–Crippen LogP) is 3.42. The molecule has 2 aromatic heterocycles. The van der Waals surface area contributed by atoms with Crippen molar-refractivity contribution in [1.82, 2.24) is 20.1 Å². The van der Waals surface area contributed by atoms with E-state index in [1.165, 1.54) is 12.8 Å². The Kier molecular flexibility index (Phi) is 5.77. The van der Waals surface area contributed by atoms with Crippen molar-refractivity contribution in [3.8, 4) is 0 Å². The first kappa shape index (κ1) is 20.5. The van der Waals surface area contributed by atoms with Gasteiger partial charge in [0.05, 0.1) is 30.0 Å². The fourth-order valence-corrected chi connectivity index (χ4v) is 4.02. The zero-order valence-electron chi connectivity index (χ0n) is 18.3. The Morgan fingerprint density at radius 1 is 1.19 bits per heavy atom. The number of ether oxygens (including phenoxy) is 1. The van der Waals surface area contributed by atoms with E-state index in [0.717, 1.165) is 67.2 Å². The minimum Gasteiger partial charge on any atom is -0.394 e. The Labute approximate surface area is 187 Å². The number of aldehydes is 1. The zero-order valence-corrected chi connectivity index (χ0v) is 18.3. The van der Waals surface area contributed by atoms with Crippen LogP contribution in [0.3, 0.4) is 0 Å². The normalized spacial score (nSPS) is 16.6. The highest BCUT2D eigenvalue weighted by atomic mass is 16.5. The van der Waals surface area contributed by atoms with Crippen LogP contribution >= 0.6 is 0 Å². The van der Waals surface area contributed by atoms with Gasteiger partial charge in [-0.15, -0.1) is 0 Å². The number of fused-ring (bicyclic) bond motifs is 1. The summed E-state index contributed by atoms with van der Waals surface area (Å²) in [4.78, 5) is 19.0.